The summed E-state index contributed by atoms with van der Waals surface area (Å²) in [7, 11) is 4.82. The molecule has 1 fully saturated rings. The molecule has 3 rings (SSSR count). The predicted molar refractivity (Wildman–Crippen MR) is 121 cm³/mol. The quantitative estimate of drug-likeness (QED) is 0.434. The number of ether oxygens (including phenoxy) is 4. The first-order valence-electron chi connectivity index (χ1n) is 10.2. The van der Waals surface area contributed by atoms with Gasteiger partial charge in [-0.1, -0.05) is 24.8 Å². The zero-order chi connectivity index (χ0) is 22.2. The number of hydrogen-bond acceptors (Lipinski definition) is 5. The summed E-state index contributed by atoms with van der Waals surface area (Å²) in [6.45, 7) is 4.77. The first-order valence-corrected chi connectivity index (χ1v) is 10.2. The van der Waals surface area contributed by atoms with Crippen molar-refractivity contribution in [1.29, 1.82) is 0 Å². The molecule has 31 heavy (non-hydrogen) atoms. The van der Waals surface area contributed by atoms with Crippen LogP contribution in [0.15, 0.2) is 55.1 Å². The van der Waals surface area contributed by atoms with Gasteiger partial charge in [-0.3, -0.25) is 4.79 Å². The zero-order valence-electron chi connectivity index (χ0n) is 18.3. The Kier molecular flexibility index (Phi) is 7.60. The highest BCUT2D eigenvalue weighted by molar-refractivity contribution is 5.92. The molecular formula is C25H29NO5. The van der Waals surface area contributed by atoms with Gasteiger partial charge in [-0.2, -0.15) is 0 Å². The fourth-order valence-electron chi connectivity index (χ4n) is 3.76. The van der Waals surface area contributed by atoms with Crippen molar-refractivity contribution in [3.8, 4) is 23.0 Å². The molecular weight excluding hydrogens is 394 g/mol. The molecule has 1 amide bonds. The number of nitrogens with zero attached hydrogens (tertiary/aromatic N) is 1. The van der Waals surface area contributed by atoms with Gasteiger partial charge in [0, 0.05) is 12.6 Å². The summed E-state index contributed by atoms with van der Waals surface area (Å²) in [5, 5.41) is 0. The van der Waals surface area contributed by atoms with E-state index in [0.29, 0.717) is 29.6 Å². The standard InChI is InChI=1S/C25H29NO5/c1-5-15-31-22-11-8-18(16-23(22)29-3)9-13-25(27)26-14-6-7-20(26)19-10-12-21(28-2)24(17-19)30-4/h5,8-13,16-17,20H,1,6-7,14-15H2,2-4H3/b13-9+. The molecule has 1 saturated heterocycles. The Morgan fingerprint density at radius 2 is 1.74 bits per heavy atom. The highest BCUT2D eigenvalue weighted by Gasteiger charge is 2.29. The van der Waals surface area contributed by atoms with E-state index in [1.54, 1.807) is 39.6 Å². The molecule has 1 aliphatic heterocycles. The highest BCUT2D eigenvalue weighted by atomic mass is 16.5. The van der Waals surface area contributed by atoms with E-state index in [4.69, 9.17) is 18.9 Å². The third kappa shape index (κ3) is 5.20. The van der Waals surface area contributed by atoms with Crippen LogP contribution in [0.25, 0.3) is 6.08 Å². The van der Waals surface area contributed by atoms with E-state index in [-0.39, 0.29) is 11.9 Å². The van der Waals surface area contributed by atoms with E-state index in [0.717, 1.165) is 30.5 Å². The lowest BCUT2D eigenvalue weighted by atomic mass is 10.0. The molecule has 0 aromatic heterocycles. The van der Waals surface area contributed by atoms with Gasteiger partial charge in [0.2, 0.25) is 5.91 Å². The highest BCUT2D eigenvalue weighted by Crippen LogP contribution is 2.37. The summed E-state index contributed by atoms with van der Waals surface area (Å²) in [6, 6.07) is 11.4. The lowest BCUT2D eigenvalue weighted by molar-refractivity contribution is -0.126. The SMILES string of the molecule is C=CCOc1ccc(/C=C/C(=O)N2CCCC2c2ccc(OC)c(OC)c2)cc1OC. The van der Waals surface area contributed by atoms with Crippen molar-refractivity contribution in [3.05, 3.63) is 66.3 Å². The largest absolute Gasteiger partial charge is 0.493 e. The Morgan fingerprint density at radius 3 is 2.45 bits per heavy atom. The first kappa shape index (κ1) is 22.3. The van der Waals surface area contributed by atoms with Crippen LogP contribution >= 0.6 is 0 Å². The van der Waals surface area contributed by atoms with Crippen LogP contribution in [0, 0.1) is 0 Å². The molecule has 0 bridgehead atoms. The third-order valence-electron chi connectivity index (χ3n) is 5.29. The molecule has 2 aromatic carbocycles. The van der Waals surface area contributed by atoms with Crippen LogP contribution in [0.5, 0.6) is 23.0 Å². The van der Waals surface area contributed by atoms with E-state index in [1.807, 2.05) is 41.3 Å². The lowest BCUT2D eigenvalue weighted by Gasteiger charge is -2.24. The smallest absolute Gasteiger partial charge is 0.247 e. The predicted octanol–water partition coefficient (Wildman–Crippen LogP) is 4.65. The molecule has 0 N–H and O–H groups in total. The van der Waals surface area contributed by atoms with Gasteiger partial charge in [-0.25, -0.2) is 0 Å². The van der Waals surface area contributed by atoms with Crippen molar-refractivity contribution in [2.24, 2.45) is 0 Å². The summed E-state index contributed by atoms with van der Waals surface area (Å²) in [5.74, 6) is 2.57. The van der Waals surface area contributed by atoms with Gasteiger partial charge < -0.3 is 23.8 Å². The van der Waals surface area contributed by atoms with Crippen molar-refractivity contribution in [3.63, 3.8) is 0 Å². The van der Waals surface area contributed by atoms with Crippen molar-refractivity contribution in [1.82, 2.24) is 4.90 Å². The Labute approximate surface area is 183 Å². The molecule has 0 radical (unpaired) electrons. The van der Waals surface area contributed by atoms with Gasteiger partial charge in [-0.15, -0.1) is 0 Å². The summed E-state index contributed by atoms with van der Waals surface area (Å²) in [4.78, 5) is 14.9. The van der Waals surface area contributed by atoms with Crippen LogP contribution in [0.3, 0.4) is 0 Å². The minimum absolute atomic E-state index is 0.0150. The molecule has 0 saturated carbocycles. The molecule has 2 aromatic rings. The average molecular weight is 424 g/mol. The maximum atomic E-state index is 13.0. The van der Waals surface area contributed by atoms with Gasteiger partial charge >= 0.3 is 0 Å². The van der Waals surface area contributed by atoms with Crippen molar-refractivity contribution < 1.29 is 23.7 Å². The van der Waals surface area contributed by atoms with Crippen molar-refractivity contribution in [2.45, 2.75) is 18.9 Å². The Hall–Kier alpha value is -3.41. The number of likely N-dealkylation sites (tertiary alicyclic amines) is 1. The minimum atomic E-state index is -0.0248. The van der Waals surface area contributed by atoms with Crippen LogP contribution in [0.4, 0.5) is 0 Å². The average Bonchev–Trinajstić information content (AvgIpc) is 3.31. The maximum absolute atomic E-state index is 13.0. The van der Waals surface area contributed by atoms with Crippen molar-refractivity contribution in [2.75, 3.05) is 34.5 Å². The monoisotopic (exact) mass is 423 g/mol. The van der Waals surface area contributed by atoms with Gasteiger partial charge in [0.25, 0.3) is 0 Å². The molecule has 6 nitrogen and oxygen atoms in total. The summed E-state index contributed by atoms with van der Waals surface area (Å²) in [6.07, 6.45) is 6.96. The molecule has 1 heterocycles. The second-order valence-electron chi connectivity index (χ2n) is 7.15. The Balaban J connectivity index is 1.75. The topological polar surface area (TPSA) is 57.2 Å². The Bertz CT molecular complexity index is 953. The number of rotatable bonds is 9. The number of carbonyl (C=O) groups is 1. The van der Waals surface area contributed by atoms with E-state index in [2.05, 4.69) is 6.58 Å². The fourth-order valence-corrected chi connectivity index (χ4v) is 3.76. The van der Waals surface area contributed by atoms with E-state index >= 15 is 0 Å². The van der Waals surface area contributed by atoms with E-state index in [9.17, 15) is 4.79 Å². The summed E-state index contributed by atoms with van der Waals surface area (Å²) >= 11 is 0. The van der Waals surface area contributed by atoms with Crippen molar-refractivity contribution >= 4 is 12.0 Å². The van der Waals surface area contributed by atoms with Crippen LogP contribution in [-0.2, 0) is 4.79 Å². The van der Waals surface area contributed by atoms with E-state index < -0.39 is 0 Å². The zero-order valence-corrected chi connectivity index (χ0v) is 18.3. The van der Waals surface area contributed by atoms with Crippen LogP contribution in [0.2, 0.25) is 0 Å². The maximum Gasteiger partial charge on any atom is 0.247 e. The van der Waals surface area contributed by atoms with Gasteiger partial charge in [-0.05, 0) is 54.3 Å². The molecule has 1 atom stereocenters. The van der Waals surface area contributed by atoms with Gasteiger partial charge in [0.15, 0.2) is 23.0 Å². The Morgan fingerprint density at radius 1 is 1.03 bits per heavy atom. The normalized spacial score (nSPS) is 15.7. The fraction of sp³-hybridized carbons (Fsp3) is 0.320. The van der Waals surface area contributed by atoms with Crippen LogP contribution in [-0.4, -0.2) is 45.3 Å². The molecule has 164 valence electrons. The molecule has 0 spiro atoms. The number of amides is 1. The number of benzene rings is 2. The minimum Gasteiger partial charge on any atom is -0.493 e. The van der Waals surface area contributed by atoms with Crippen LogP contribution < -0.4 is 18.9 Å². The van der Waals surface area contributed by atoms with Crippen LogP contribution in [0.1, 0.15) is 30.0 Å². The van der Waals surface area contributed by atoms with Gasteiger partial charge in [0.1, 0.15) is 6.61 Å². The molecule has 1 unspecified atom stereocenters. The van der Waals surface area contributed by atoms with Gasteiger partial charge in [0.05, 0.1) is 27.4 Å². The summed E-state index contributed by atoms with van der Waals surface area (Å²) in [5.41, 5.74) is 1.90. The molecule has 1 aliphatic rings. The lowest BCUT2D eigenvalue weighted by Crippen LogP contribution is -2.28. The number of methoxy groups -OCH3 is 3. The summed E-state index contributed by atoms with van der Waals surface area (Å²) < 4.78 is 21.7. The second kappa shape index (κ2) is 10.6. The molecule has 0 aliphatic carbocycles. The number of carbonyl (C=O) groups excluding carboxylic acids is 1. The van der Waals surface area contributed by atoms with E-state index in [1.165, 1.54) is 0 Å². The second-order valence-corrected chi connectivity index (χ2v) is 7.15. The molecule has 6 heteroatoms. The third-order valence-corrected chi connectivity index (χ3v) is 5.29. The first-order chi connectivity index (χ1) is 15.1. The number of hydrogen-bond donors (Lipinski definition) is 0.